The molecule has 0 amide bonds. The SMILES string of the molecule is CC(C)C1=C(c2ccc(Cl)c(Cl)c2)N=C(Br)CCC1. The second kappa shape index (κ2) is 6.43. The molecule has 1 heterocycles. The Labute approximate surface area is 132 Å². The summed E-state index contributed by atoms with van der Waals surface area (Å²) in [6, 6.07) is 5.72. The Kier molecular flexibility index (Phi) is 5.10. The van der Waals surface area contributed by atoms with Crippen molar-refractivity contribution in [3.05, 3.63) is 39.4 Å². The summed E-state index contributed by atoms with van der Waals surface area (Å²) in [6.45, 7) is 4.42. The summed E-state index contributed by atoms with van der Waals surface area (Å²) in [7, 11) is 0. The Morgan fingerprint density at radius 1 is 1.16 bits per heavy atom. The summed E-state index contributed by atoms with van der Waals surface area (Å²) in [5.41, 5.74) is 3.46. The Morgan fingerprint density at radius 3 is 2.53 bits per heavy atom. The maximum Gasteiger partial charge on any atom is 0.0836 e. The lowest BCUT2D eigenvalue weighted by Gasteiger charge is -2.14. The Hall–Kier alpha value is -0.310. The van der Waals surface area contributed by atoms with Gasteiger partial charge < -0.3 is 0 Å². The maximum atomic E-state index is 6.12. The molecule has 1 aliphatic heterocycles. The van der Waals surface area contributed by atoms with Gasteiger partial charge in [0.25, 0.3) is 0 Å². The van der Waals surface area contributed by atoms with Gasteiger partial charge >= 0.3 is 0 Å². The highest BCUT2D eigenvalue weighted by molar-refractivity contribution is 9.18. The maximum absolute atomic E-state index is 6.12. The minimum absolute atomic E-state index is 0.478. The average Bonchev–Trinajstić information content (AvgIpc) is 2.54. The molecule has 0 radical (unpaired) electrons. The first-order valence-corrected chi connectivity index (χ1v) is 7.95. The van der Waals surface area contributed by atoms with Crippen LogP contribution in [0.15, 0.2) is 28.8 Å². The molecule has 0 bridgehead atoms. The Bertz CT molecular complexity index is 547. The predicted molar refractivity (Wildman–Crippen MR) is 88.4 cm³/mol. The molecular formula is C15H16BrCl2N. The van der Waals surface area contributed by atoms with E-state index in [0.29, 0.717) is 16.0 Å². The van der Waals surface area contributed by atoms with Crippen LogP contribution in [-0.4, -0.2) is 4.62 Å². The van der Waals surface area contributed by atoms with E-state index in [2.05, 4.69) is 29.8 Å². The number of halogens is 3. The van der Waals surface area contributed by atoms with Crippen LogP contribution in [0.4, 0.5) is 0 Å². The van der Waals surface area contributed by atoms with Crippen molar-refractivity contribution in [1.29, 1.82) is 0 Å². The van der Waals surface area contributed by atoms with E-state index in [9.17, 15) is 0 Å². The molecule has 0 unspecified atom stereocenters. The van der Waals surface area contributed by atoms with Crippen LogP contribution in [0.5, 0.6) is 0 Å². The molecule has 0 spiro atoms. The van der Waals surface area contributed by atoms with E-state index in [-0.39, 0.29) is 0 Å². The molecule has 0 saturated heterocycles. The minimum atomic E-state index is 0.478. The van der Waals surface area contributed by atoms with E-state index in [1.165, 1.54) is 5.57 Å². The number of benzene rings is 1. The molecular weight excluding hydrogens is 345 g/mol. The third-order valence-electron chi connectivity index (χ3n) is 3.26. The molecule has 1 aliphatic rings. The normalized spacial score (nSPS) is 16.6. The van der Waals surface area contributed by atoms with Crippen molar-refractivity contribution in [3.8, 4) is 0 Å². The summed E-state index contributed by atoms with van der Waals surface area (Å²) in [5, 5.41) is 1.15. The van der Waals surface area contributed by atoms with Crippen molar-refractivity contribution in [2.75, 3.05) is 0 Å². The fraction of sp³-hybridized carbons (Fsp3) is 0.400. The van der Waals surface area contributed by atoms with Gasteiger partial charge in [-0.15, -0.1) is 0 Å². The van der Waals surface area contributed by atoms with E-state index in [1.807, 2.05) is 18.2 Å². The molecule has 19 heavy (non-hydrogen) atoms. The van der Waals surface area contributed by atoms with Gasteiger partial charge in [0.2, 0.25) is 0 Å². The highest BCUT2D eigenvalue weighted by Crippen LogP contribution is 2.35. The summed E-state index contributed by atoms with van der Waals surface area (Å²) in [5.74, 6) is 0.478. The third-order valence-corrected chi connectivity index (χ3v) is 4.57. The lowest BCUT2D eigenvalue weighted by Crippen LogP contribution is -1.98. The van der Waals surface area contributed by atoms with Gasteiger partial charge in [0.05, 0.1) is 20.4 Å². The molecule has 4 heteroatoms. The fourth-order valence-electron chi connectivity index (χ4n) is 2.25. The monoisotopic (exact) mass is 359 g/mol. The largest absolute Gasteiger partial charge is 0.245 e. The van der Waals surface area contributed by atoms with Crippen LogP contribution >= 0.6 is 39.1 Å². The van der Waals surface area contributed by atoms with Gasteiger partial charge in [0.1, 0.15) is 0 Å². The van der Waals surface area contributed by atoms with Crippen molar-refractivity contribution < 1.29 is 0 Å². The third kappa shape index (κ3) is 3.62. The van der Waals surface area contributed by atoms with E-state index in [4.69, 9.17) is 28.2 Å². The zero-order valence-electron chi connectivity index (χ0n) is 11.0. The predicted octanol–water partition coefficient (Wildman–Crippen LogP) is 6.34. The first-order chi connectivity index (χ1) is 8.99. The van der Waals surface area contributed by atoms with Crippen molar-refractivity contribution >= 4 is 49.4 Å². The fourth-order valence-corrected chi connectivity index (χ4v) is 3.00. The topological polar surface area (TPSA) is 12.4 Å². The average molecular weight is 361 g/mol. The summed E-state index contributed by atoms with van der Waals surface area (Å²) in [6.07, 6.45) is 3.19. The number of nitrogens with zero attached hydrogens (tertiary/aromatic N) is 1. The standard InChI is InChI=1S/C15H16BrCl2N/c1-9(2)11-4-3-5-14(16)19-15(11)10-6-7-12(17)13(18)8-10/h6-9H,3-5H2,1-2H3. The zero-order chi connectivity index (χ0) is 14.0. The molecule has 1 aromatic rings. The smallest absolute Gasteiger partial charge is 0.0836 e. The van der Waals surface area contributed by atoms with Gasteiger partial charge in [0.15, 0.2) is 0 Å². The van der Waals surface area contributed by atoms with Crippen molar-refractivity contribution in [1.82, 2.24) is 0 Å². The van der Waals surface area contributed by atoms with Crippen LogP contribution in [0.1, 0.15) is 38.7 Å². The molecule has 0 N–H and O–H groups in total. The minimum Gasteiger partial charge on any atom is -0.245 e. The summed E-state index contributed by atoms with van der Waals surface area (Å²) in [4.78, 5) is 4.73. The number of rotatable bonds is 2. The Morgan fingerprint density at radius 2 is 1.89 bits per heavy atom. The van der Waals surface area contributed by atoms with Gasteiger partial charge in [0, 0.05) is 5.56 Å². The van der Waals surface area contributed by atoms with Gasteiger partial charge in [-0.3, -0.25) is 0 Å². The molecule has 2 rings (SSSR count). The van der Waals surface area contributed by atoms with Crippen LogP contribution in [0.3, 0.4) is 0 Å². The molecule has 0 aliphatic carbocycles. The van der Waals surface area contributed by atoms with Crippen molar-refractivity contribution in [2.45, 2.75) is 33.1 Å². The lowest BCUT2D eigenvalue weighted by molar-refractivity contribution is 0.698. The Balaban J connectivity index is 2.57. The van der Waals surface area contributed by atoms with Crippen LogP contribution in [0.25, 0.3) is 5.70 Å². The van der Waals surface area contributed by atoms with E-state index in [1.54, 1.807) is 0 Å². The molecule has 1 aromatic carbocycles. The molecule has 1 nitrogen and oxygen atoms in total. The quantitative estimate of drug-likeness (QED) is 0.583. The number of allylic oxidation sites excluding steroid dienone is 1. The van der Waals surface area contributed by atoms with E-state index < -0.39 is 0 Å². The highest BCUT2D eigenvalue weighted by atomic mass is 79.9. The van der Waals surface area contributed by atoms with Crippen LogP contribution < -0.4 is 0 Å². The molecule has 102 valence electrons. The second-order valence-corrected chi connectivity index (χ2v) is 6.73. The zero-order valence-corrected chi connectivity index (χ0v) is 14.1. The van der Waals surface area contributed by atoms with Crippen LogP contribution in [0.2, 0.25) is 10.0 Å². The number of hydrogen-bond donors (Lipinski definition) is 0. The number of aliphatic imine (C=N–C) groups is 1. The molecule has 0 atom stereocenters. The van der Waals surface area contributed by atoms with Gasteiger partial charge in [-0.1, -0.05) is 43.1 Å². The van der Waals surface area contributed by atoms with Crippen LogP contribution in [-0.2, 0) is 0 Å². The van der Waals surface area contributed by atoms with Crippen LogP contribution in [0, 0.1) is 5.92 Å². The molecule has 0 aromatic heterocycles. The summed E-state index contributed by atoms with van der Waals surface area (Å²) >= 11 is 15.7. The van der Waals surface area contributed by atoms with E-state index in [0.717, 1.165) is 35.1 Å². The van der Waals surface area contributed by atoms with Gasteiger partial charge in [-0.2, -0.15) is 0 Å². The molecule has 0 saturated carbocycles. The highest BCUT2D eigenvalue weighted by Gasteiger charge is 2.17. The first-order valence-electron chi connectivity index (χ1n) is 6.40. The van der Waals surface area contributed by atoms with Gasteiger partial charge in [-0.25, -0.2) is 4.99 Å². The van der Waals surface area contributed by atoms with E-state index >= 15 is 0 Å². The number of hydrogen-bond acceptors (Lipinski definition) is 1. The van der Waals surface area contributed by atoms with Crippen molar-refractivity contribution in [2.24, 2.45) is 10.9 Å². The van der Waals surface area contributed by atoms with Crippen molar-refractivity contribution in [3.63, 3.8) is 0 Å². The lowest BCUT2D eigenvalue weighted by atomic mass is 9.93. The van der Waals surface area contributed by atoms with Gasteiger partial charge in [-0.05, 0) is 58.8 Å². The summed E-state index contributed by atoms with van der Waals surface area (Å²) < 4.78 is 1.00. The first kappa shape index (κ1) is 15.1. The molecule has 0 fully saturated rings. The second-order valence-electron chi connectivity index (χ2n) is 5.00.